The van der Waals surface area contributed by atoms with E-state index in [1.165, 1.54) is 0 Å². The monoisotopic (exact) mass is 385 g/mol. The van der Waals surface area contributed by atoms with Gasteiger partial charge >= 0.3 is 0 Å². The van der Waals surface area contributed by atoms with Gasteiger partial charge in [-0.15, -0.1) is 0 Å². The summed E-state index contributed by atoms with van der Waals surface area (Å²) in [5, 5.41) is 11.1. The number of rotatable bonds is 8. The number of methoxy groups -OCH3 is 2. The fraction of sp³-hybridized carbons (Fsp3) is 0.476. The molecule has 1 aliphatic rings. The second-order valence-electron chi connectivity index (χ2n) is 8.06. The molecule has 1 heterocycles. The number of ether oxygens (including phenoxy) is 3. The summed E-state index contributed by atoms with van der Waals surface area (Å²) in [6, 6.07) is 10.4. The summed E-state index contributed by atoms with van der Waals surface area (Å²) in [6.45, 7) is 7.49. The Morgan fingerprint density at radius 3 is 2.67 bits per heavy atom. The van der Waals surface area contributed by atoms with Gasteiger partial charge in [-0.05, 0) is 35.7 Å². The van der Waals surface area contributed by atoms with Crippen molar-refractivity contribution in [2.45, 2.75) is 44.2 Å². The molecule has 3 rings (SSSR count). The van der Waals surface area contributed by atoms with Crippen LogP contribution in [-0.4, -0.2) is 35.0 Å². The third-order valence-corrected chi connectivity index (χ3v) is 7.00. The molecule has 0 saturated carbocycles. The average Bonchev–Trinajstić information content (AvgIpc) is 3.10. The third kappa shape index (κ3) is 3.55. The van der Waals surface area contributed by atoms with Crippen LogP contribution >= 0.6 is 0 Å². The van der Waals surface area contributed by atoms with Crippen LogP contribution in [0, 0.1) is 11.3 Å². The molecule has 0 spiro atoms. The van der Waals surface area contributed by atoms with Crippen LogP contribution in [0.2, 0.25) is 19.6 Å². The Bertz CT molecular complexity index is 849. The minimum atomic E-state index is -1.59. The molecular formula is C21H27NO4Si. The quantitative estimate of drug-likeness (QED) is 0.652. The van der Waals surface area contributed by atoms with Crippen molar-refractivity contribution < 1.29 is 18.6 Å². The zero-order chi connectivity index (χ0) is 19.7. The number of hydrogen-bond acceptors (Lipinski definition) is 5. The van der Waals surface area contributed by atoms with E-state index in [-0.39, 0.29) is 6.10 Å². The van der Waals surface area contributed by atoms with E-state index in [1.807, 2.05) is 24.3 Å². The number of fused-ring (bicyclic) bond motifs is 1. The van der Waals surface area contributed by atoms with Crippen LogP contribution in [0.5, 0.6) is 5.75 Å². The van der Waals surface area contributed by atoms with Crippen molar-refractivity contribution in [3.8, 4) is 11.8 Å². The second-order valence-corrected chi connectivity index (χ2v) is 13.0. The molecule has 0 bridgehead atoms. The van der Waals surface area contributed by atoms with Gasteiger partial charge in [0.2, 0.25) is 0 Å². The summed E-state index contributed by atoms with van der Waals surface area (Å²) in [5.74, 6) is 0.750. The number of benzene rings is 1. The van der Waals surface area contributed by atoms with E-state index in [2.05, 4.69) is 25.7 Å². The molecule has 2 unspecified atom stereocenters. The molecule has 0 saturated heterocycles. The molecule has 6 heteroatoms. The lowest BCUT2D eigenvalue weighted by molar-refractivity contribution is -0.0484. The van der Waals surface area contributed by atoms with Crippen LogP contribution in [0.25, 0.3) is 0 Å². The Morgan fingerprint density at radius 2 is 2.04 bits per heavy atom. The van der Waals surface area contributed by atoms with Crippen LogP contribution in [0.1, 0.15) is 16.7 Å². The van der Waals surface area contributed by atoms with Gasteiger partial charge in [-0.3, -0.25) is 0 Å². The molecule has 0 aliphatic heterocycles. The SMILES string of the molecule is COCC(OCc1ccoc1[Si](C)(C)C)C1(C#N)Cc2ccc(OC)cc21. The van der Waals surface area contributed by atoms with E-state index in [0.29, 0.717) is 19.6 Å². The first-order valence-electron chi connectivity index (χ1n) is 9.11. The minimum absolute atomic E-state index is 0.352. The van der Waals surface area contributed by atoms with E-state index in [4.69, 9.17) is 18.6 Å². The van der Waals surface area contributed by atoms with Crippen molar-refractivity contribution >= 4 is 13.5 Å². The number of furan rings is 1. The average molecular weight is 386 g/mol. The summed E-state index contributed by atoms with van der Waals surface area (Å²) in [7, 11) is 1.68. The summed E-state index contributed by atoms with van der Waals surface area (Å²) in [5.41, 5.74) is 2.48. The molecule has 5 nitrogen and oxygen atoms in total. The molecule has 1 aromatic heterocycles. The topological polar surface area (TPSA) is 64.6 Å². The lowest BCUT2D eigenvalue weighted by Crippen LogP contribution is -2.51. The molecule has 0 fully saturated rings. The van der Waals surface area contributed by atoms with Crippen molar-refractivity contribution in [2.24, 2.45) is 0 Å². The van der Waals surface area contributed by atoms with Gasteiger partial charge in [0.05, 0.1) is 38.0 Å². The van der Waals surface area contributed by atoms with Crippen LogP contribution in [-0.2, 0) is 27.9 Å². The normalized spacial score (nSPS) is 19.7. The molecule has 144 valence electrons. The molecular weight excluding hydrogens is 358 g/mol. The van der Waals surface area contributed by atoms with Crippen molar-refractivity contribution in [2.75, 3.05) is 20.8 Å². The summed E-state index contributed by atoms with van der Waals surface area (Å²) in [4.78, 5) is 0. The lowest BCUT2D eigenvalue weighted by Gasteiger charge is -2.43. The van der Waals surface area contributed by atoms with Crippen molar-refractivity contribution in [1.29, 1.82) is 5.26 Å². The first-order valence-corrected chi connectivity index (χ1v) is 12.6. The van der Waals surface area contributed by atoms with Crippen molar-refractivity contribution in [3.63, 3.8) is 0 Å². The maximum atomic E-state index is 10.0. The lowest BCUT2D eigenvalue weighted by atomic mass is 9.61. The third-order valence-electron chi connectivity index (χ3n) is 5.20. The first kappa shape index (κ1) is 19.7. The van der Waals surface area contributed by atoms with E-state index >= 15 is 0 Å². The van der Waals surface area contributed by atoms with Gasteiger partial charge in [0.15, 0.2) is 0 Å². The van der Waals surface area contributed by atoms with E-state index < -0.39 is 13.5 Å². The van der Waals surface area contributed by atoms with Crippen LogP contribution in [0.15, 0.2) is 34.9 Å². The number of hydrogen-bond donors (Lipinski definition) is 0. The molecule has 0 amide bonds. The van der Waals surface area contributed by atoms with Crippen LogP contribution < -0.4 is 10.1 Å². The molecule has 27 heavy (non-hydrogen) atoms. The van der Waals surface area contributed by atoms with E-state index in [9.17, 15) is 5.26 Å². The van der Waals surface area contributed by atoms with Crippen LogP contribution in [0.4, 0.5) is 0 Å². The maximum absolute atomic E-state index is 10.0. The zero-order valence-electron chi connectivity index (χ0n) is 16.7. The summed E-state index contributed by atoms with van der Waals surface area (Å²) >= 11 is 0. The fourth-order valence-electron chi connectivity index (χ4n) is 3.78. The van der Waals surface area contributed by atoms with Gasteiger partial charge in [0.1, 0.15) is 25.3 Å². The molecule has 2 aromatic rings. The Labute approximate surface area is 161 Å². The Balaban J connectivity index is 1.85. The highest BCUT2D eigenvalue weighted by Crippen LogP contribution is 2.46. The first-order chi connectivity index (χ1) is 12.9. The van der Waals surface area contributed by atoms with Gasteiger partial charge in [-0.1, -0.05) is 25.7 Å². The Hall–Kier alpha value is -2.07. The predicted octanol–water partition coefficient (Wildman–Crippen LogP) is 3.38. The highest BCUT2D eigenvalue weighted by Gasteiger charge is 2.50. The van der Waals surface area contributed by atoms with E-state index in [1.54, 1.807) is 20.5 Å². The van der Waals surface area contributed by atoms with Gasteiger partial charge in [0.25, 0.3) is 0 Å². The Kier molecular flexibility index (Phi) is 5.47. The fourth-order valence-corrected chi connectivity index (χ4v) is 5.32. The number of nitriles is 1. The van der Waals surface area contributed by atoms with Gasteiger partial charge in [-0.25, -0.2) is 0 Å². The summed E-state index contributed by atoms with van der Waals surface area (Å²) < 4.78 is 22.7. The standard InChI is InChI=1S/C21H27NO4Si/c1-23-13-19(26-12-16-8-9-25-20(16)27(3,4)5)21(14-22)11-15-6-7-17(24-2)10-18(15)21/h6-10,19H,11-13H2,1-5H3. The van der Waals surface area contributed by atoms with E-state index in [0.717, 1.165) is 27.8 Å². The smallest absolute Gasteiger partial charge is 0.123 e. The van der Waals surface area contributed by atoms with Crippen molar-refractivity contribution in [3.05, 3.63) is 47.2 Å². The molecule has 0 radical (unpaired) electrons. The van der Waals surface area contributed by atoms with Gasteiger partial charge in [-0.2, -0.15) is 5.26 Å². The largest absolute Gasteiger partial charge is 0.497 e. The van der Waals surface area contributed by atoms with Crippen LogP contribution in [0.3, 0.4) is 0 Å². The molecule has 1 aliphatic carbocycles. The van der Waals surface area contributed by atoms with Crippen molar-refractivity contribution in [1.82, 2.24) is 0 Å². The zero-order valence-corrected chi connectivity index (χ0v) is 17.7. The Morgan fingerprint density at radius 1 is 1.26 bits per heavy atom. The predicted molar refractivity (Wildman–Crippen MR) is 106 cm³/mol. The minimum Gasteiger partial charge on any atom is -0.497 e. The van der Waals surface area contributed by atoms with Gasteiger partial charge < -0.3 is 18.6 Å². The number of nitrogens with zero attached hydrogens (tertiary/aromatic N) is 1. The highest BCUT2D eigenvalue weighted by atomic mass is 28.3. The highest BCUT2D eigenvalue weighted by molar-refractivity contribution is 6.88. The van der Waals surface area contributed by atoms with Gasteiger partial charge in [0, 0.05) is 12.7 Å². The molecule has 0 N–H and O–H groups in total. The second kappa shape index (κ2) is 7.51. The maximum Gasteiger partial charge on any atom is 0.123 e. The molecule has 1 aromatic carbocycles. The summed E-state index contributed by atoms with van der Waals surface area (Å²) in [6.07, 6.45) is 2.01. The molecule has 2 atom stereocenters.